The largest absolute Gasteiger partial charge is 0.490 e. The van der Waals surface area contributed by atoms with Gasteiger partial charge in [0.1, 0.15) is 0 Å². The third-order valence-corrected chi connectivity index (χ3v) is 5.54. The molecule has 0 bridgehead atoms. The highest BCUT2D eigenvalue weighted by molar-refractivity contribution is 5.79. The average Bonchev–Trinajstić information content (AvgIpc) is 3.05. The molecule has 1 amide bonds. The number of aromatic nitrogens is 3. The van der Waals surface area contributed by atoms with Gasteiger partial charge in [-0.25, -0.2) is 14.8 Å². The number of hydrogen-bond acceptors (Lipinski definition) is 6. The highest BCUT2D eigenvalue weighted by atomic mass is 19.4. The van der Waals surface area contributed by atoms with Gasteiger partial charge in [0.05, 0.1) is 0 Å². The number of hydrogen-bond donors (Lipinski definition) is 1. The molecule has 1 spiro atoms. The van der Waals surface area contributed by atoms with E-state index >= 15 is 0 Å². The molecule has 0 atom stereocenters. The first-order chi connectivity index (χ1) is 14.7. The Morgan fingerprint density at radius 2 is 1.65 bits per heavy atom. The zero-order chi connectivity index (χ0) is 22.5. The van der Waals surface area contributed by atoms with Crippen LogP contribution in [0, 0.1) is 0 Å². The van der Waals surface area contributed by atoms with Gasteiger partial charge in [-0.05, 0) is 43.0 Å². The maximum atomic E-state index is 12.5. The molecule has 0 saturated carbocycles. The van der Waals surface area contributed by atoms with Crippen molar-refractivity contribution >= 4 is 17.8 Å². The minimum Gasteiger partial charge on any atom is -0.475 e. The number of alkyl halides is 3. The second kappa shape index (κ2) is 9.27. The number of piperidine rings is 1. The molecule has 2 fully saturated rings. The van der Waals surface area contributed by atoms with Crippen molar-refractivity contribution in [1.82, 2.24) is 19.9 Å². The quantitative estimate of drug-likeness (QED) is 0.788. The number of carbonyl (C=O) groups is 2. The van der Waals surface area contributed by atoms with Gasteiger partial charge in [0.15, 0.2) is 0 Å². The van der Waals surface area contributed by atoms with Crippen LogP contribution in [0.15, 0.2) is 43.0 Å². The second-order valence-electron chi connectivity index (χ2n) is 7.40. The summed E-state index contributed by atoms with van der Waals surface area (Å²) in [4.78, 5) is 38.5. The predicted octanol–water partition coefficient (Wildman–Crippen LogP) is 2.67. The van der Waals surface area contributed by atoms with E-state index in [1.165, 1.54) is 0 Å². The van der Waals surface area contributed by atoms with Gasteiger partial charge in [0, 0.05) is 56.4 Å². The normalized spacial score (nSPS) is 18.0. The molecule has 0 aliphatic carbocycles. The Bertz CT molecular complexity index is 888. The Kier molecular flexibility index (Phi) is 6.71. The van der Waals surface area contributed by atoms with Crippen molar-refractivity contribution < 1.29 is 27.9 Å². The van der Waals surface area contributed by atoms with E-state index in [1.54, 1.807) is 24.8 Å². The third-order valence-electron chi connectivity index (χ3n) is 5.54. The molecule has 11 heteroatoms. The predicted molar refractivity (Wildman–Crippen MR) is 104 cm³/mol. The summed E-state index contributed by atoms with van der Waals surface area (Å²) in [6.45, 7) is 2.47. The maximum absolute atomic E-state index is 12.5. The molecular weight excluding hydrogens is 415 g/mol. The summed E-state index contributed by atoms with van der Waals surface area (Å²) in [5.41, 5.74) is 1.14. The Morgan fingerprint density at radius 1 is 1.06 bits per heavy atom. The number of carboxylic acids is 1. The standard InChI is InChI=1S/C18H21N5O.C2HF3O2/c24-16-2-5-18(23(16)14-15-3-10-19-11-4-15)6-12-22(13-7-18)17-20-8-1-9-21-17;3-2(4,5)1(6)7/h1,3-4,8-11H,2,5-7,12-14H2;(H,6,7). The van der Waals surface area contributed by atoms with Crippen LogP contribution >= 0.6 is 0 Å². The molecule has 31 heavy (non-hydrogen) atoms. The van der Waals surface area contributed by atoms with E-state index in [0.717, 1.165) is 43.9 Å². The summed E-state index contributed by atoms with van der Waals surface area (Å²) in [5, 5.41) is 7.12. The van der Waals surface area contributed by atoms with Crippen LogP contribution in [-0.4, -0.2) is 61.6 Å². The number of rotatable bonds is 3. The molecule has 2 aromatic heterocycles. The zero-order valence-electron chi connectivity index (χ0n) is 16.6. The van der Waals surface area contributed by atoms with Crippen molar-refractivity contribution in [3.05, 3.63) is 48.5 Å². The van der Waals surface area contributed by atoms with Crippen LogP contribution in [0.3, 0.4) is 0 Å². The lowest BCUT2D eigenvalue weighted by molar-refractivity contribution is -0.192. The van der Waals surface area contributed by atoms with Crippen molar-refractivity contribution in [1.29, 1.82) is 0 Å². The van der Waals surface area contributed by atoms with Gasteiger partial charge in [-0.2, -0.15) is 13.2 Å². The first kappa shape index (κ1) is 22.4. The minimum atomic E-state index is -5.08. The number of amides is 1. The van der Waals surface area contributed by atoms with E-state index in [0.29, 0.717) is 13.0 Å². The van der Waals surface area contributed by atoms with Crippen LogP contribution in [-0.2, 0) is 16.1 Å². The summed E-state index contributed by atoms with van der Waals surface area (Å²) in [5.74, 6) is -1.69. The van der Waals surface area contributed by atoms with Crippen LogP contribution < -0.4 is 4.90 Å². The van der Waals surface area contributed by atoms with Crippen molar-refractivity contribution in [2.24, 2.45) is 0 Å². The summed E-state index contributed by atoms with van der Waals surface area (Å²) in [6.07, 6.45) is 5.62. The Balaban J connectivity index is 0.000000339. The summed E-state index contributed by atoms with van der Waals surface area (Å²) < 4.78 is 31.7. The Morgan fingerprint density at radius 3 is 2.19 bits per heavy atom. The molecule has 2 aliphatic heterocycles. The number of aliphatic carboxylic acids is 1. The Hall–Kier alpha value is -3.24. The molecule has 0 unspecified atom stereocenters. The number of likely N-dealkylation sites (tertiary alicyclic amines) is 1. The van der Waals surface area contributed by atoms with Gasteiger partial charge in [-0.1, -0.05) is 0 Å². The fourth-order valence-electron chi connectivity index (χ4n) is 3.90. The van der Waals surface area contributed by atoms with Crippen molar-refractivity contribution in [2.45, 2.75) is 43.9 Å². The first-order valence-corrected chi connectivity index (χ1v) is 9.73. The molecule has 1 N–H and O–H groups in total. The molecule has 0 aromatic carbocycles. The lowest BCUT2D eigenvalue weighted by Gasteiger charge is -2.45. The number of pyridine rings is 1. The number of halogens is 3. The average molecular weight is 437 g/mol. The number of carboxylic acid groups (broad SMARTS) is 1. The summed E-state index contributed by atoms with van der Waals surface area (Å²) in [6, 6.07) is 5.82. The SMILES string of the molecule is O=C(O)C(F)(F)F.O=C1CCC2(CCN(c3ncccn3)CC2)N1Cc1ccncc1. The van der Waals surface area contributed by atoms with Crippen LogP contribution in [0.1, 0.15) is 31.2 Å². The molecule has 2 aromatic rings. The number of nitrogens with zero attached hydrogens (tertiary/aromatic N) is 5. The summed E-state index contributed by atoms with van der Waals surface area (Å²) in [7, 11) is 0. The maximum Gasteiger partial charge on any atom is 0.490 e. The first-order valence-electron chi connectivity index (χ1n) is 9.73. The lowest BCUT2D eigenvalue weighted by Crippen LogP contribution is -2.53. The molecule has 166 valence electrons. The lowest BCUT2D eigenvalue weighted by atomic mass is 9.85. The van der Waals surface area contributed by atoms with E-state index in [-0.39, 0.29) is 11.4 Å². The Labute approximate surface area is 176 Å². The zero-order valence-corrected chi connectivity index (χ0v) is 16.6. The van der Waals surface area contributed by atoms with Gasteiger partial charge in [-0.3, -0.25) is 9.78 Å². The summed E-state index contributed by atoms with van der Waals surface area (Å²) >= 11 is 0. The van der Waals surface area contributed by atoms with Gasteiger partial charge < -0.3 is 14.9 Å². The van der Waals surface area contributed by atoms with Gasteiger partial charge in [0.25, 0.3) is 0 Å². The van der Waals surface area contributed by atoms with Crippen molar-refractivity contribution in [2.75, 3.05) is 18.0 Å². The molecule has 2 aliphatic rings. The van der Waals surface area contributed by atoms with Gasteiger partial charge >= 0.3 is 12.1 Å². The molecule has 4 heterocycles. The fraction of sp³-hybridized carbons (Fsp3) is 0.450. The van der Waals surface area contributed by atoms with Gasteiger partial charge in [-0.15, -0.1) is 0 Å². The molecule has 2 saturated heterocycles. The smallest absolute Gasteiger partial charge is 0.475 e. The van der Waals surface area contributed by atoms with Crippen LogP contribution in [0.25, 0.3) is 0 Å². The molecule has 4 rings (SSSR count). The number of anilines is 1. The molecule has 0 radical (unpaired) electrons. The van der Waals surface area contributed by atoms with E-state index in [1.807, 2.05) is 18.2 Å². The van der Waals surface area contributed by atoms with Gasteiger partial charge in [0.2, 0.25) is 11.9 Å². The minimum absolute atomic E-state index is 0.00830. The number of carbonyl (C=O) groups excluding carboxylic acids is 1. The highest BCUT2D eigenvalue weighted by Gasteiger charge is 2.47. The second-order valence-corrected chi connectivity index (χ2v) is 7.40. The molecular formula is C20H22F3N5O3. The van der Waals surface area contributed by atoms with E-state index < -0.39 is 12.1 Å². The van der Waals surface area contributed by atoms with Crippen LogP contribution in [0.5, 0.6) is 0 Å². The monoisotopic (exact) mass is 437 g/mol. The van der Waals surface area contributed by atoms with Crippen molar-refractivity contribution in [3.8, 4) is 0 Å². The van der Waals surface area contributed by atoms with Crippen LogP contribution in [0.2, 0.25) is 0 Å². The third kappa shape index (κ3) is 5.47. The van der Waals surface area contributed by atoms with E-state index in [9.17, 15) is 18.0 Å². The van der Waals surface area contributed by atoms with Crippen LogP contribution in [0.4, 0.5) is 19.1 Å². The van der Waals surface area contributed by atoms with E-state index in [2.05, 4.69) is 24.8 Å². The van der Waals surface area contributed by atoms with E-state index in [4.69, 9.17) is 9.90 Å². The van der Waals surface area contributed by atoms with Crippen molar-refractivity contribution in [3.63, 3.8) is 0 Å². The molecule has 8 nitrogen and oxygen atoms in total. The fourth-order valence-corrected chi connectivity index (χ4v) is 3.90. The highest BCUT2D eigenvalue weighted by Crippen LogP contribution is 2.40. The topological polar surface area (TPSA) is 99.5 Å².